The summed E-state index contributed by atoms with van der Waals surface area (Å²) in [5.74, 6) is 0. The molecule has 2 nitrogen and oxygen atoms in total. The standard InChI is InChI=1S/C17H24N2S/c1-4-7-15-16(12-18-5-2)20-17(19-15)11-14-9-6-8-13(3)10-14/h6,8-10,18H,4-5,7,11-12H2,1-3H3. The van der Waals surface area contributed by atoms with Crippen LogP contribution in [0.4, 0.5) is 0 Å². The molecule has 0 atom stereocenters. The van der Waals surface area contributed by atoms with Crippen LogP contribution in [-0.4, -0.2) is 11.5 Å². The van der Waals surface area contributed by atoms with Gasteiger partial charge in [0.1, 0.15) is 0 Å². The summed E-state index contributed by atoms with van der Waals surface area (Å²) in [6, 6.07) is 8.72. The van der Waals surface area contributed by atoms with E-state index in [0.29, 0.717) is 0 Å². The van der Waals surface area contributed by atoms with E-state index in [2.05, 4.69) is 50.4 Å². The van der Waals surface area contributed by atoms with Gasteiger partial charge in [-0.15, -0.1) is 11.3 Å². The highest BCUT2D eigenvalue weighted by atomic mass is 32.1. The van der Waals surface area contributed by atoms with E-state index < -0.39 is 0 Å². The fraction of sp³-hybridized carbons (Fsp3) is 0.471. The number of nitrogens with zero attached hydrogens (tertiary/aromatic N) is 1. The Labute approximate surface area is 126 Å². The molecule has 1 N–H and O–H groups in total. The first-order valence-electron chi connectivity index (χ1n) is 7.46. The minimum absolute atomic E-state index is 0.954. The molecule has 0 unspecified atom stereocenters. The molecule has 0 amide bonds. The maximum atomic E-state index is 4.86. The minimum atomic E-state index is 0.954. The van der Waals surface area contributed by atoms with Crippen LogP contribution in [0.5, 0.6) is 0 Å². The van der Waals surface area contributed by atoms with Gasteiger partial charge in [-0.25, -0.2) is 4.98 Å². The van der Waals surface area contributed by atoms with E-state index in [0.717, 1.165) is 32.4 Å². The summed E-state index contributed by atoms with van der Waals surface area (Å²) in [5.41, 5.74) is 3.97. The molecule has 0 bridgehead atoms. The Morgan fingerprint density at radius 1 is 1.25 bits per heavy atom. The van der Waals surface area contributed by atoms with Gasteiger partial charge in [-0.2, -0.15) is 0 Å². The van der Waals surface area contributed by atoms with Crippen molar-refractivity contribution >= 4 is 11.3 Å². The molecule has 1 aromatic heterocycles. The Balaban J connectivity index is 2.15. The van der Waals surface area contributed by atoms with Gasteiger partial charge in [-0.3, -0.25) is 0 Å². The number of hydrogen-bond donors (Lipinski definition) is 1. The van der Waals surface area contributed by atoms with Gasteiger partial charge in [0.25, 0.3) is 0 Å². The molecule has 0 radical (unpaired) electrons. The number of nitrogens with one attached hydrogen (secondary N) is 1. The van der Waals surface area contributed by atoms with Crippen LogP contribution >= 0.6 is 11.3 Å². The van der Waals surface area contributed by atoms with Crippen LogP contribution in [0.15, 0.2) is 24.3 Å². The quantitative estimate of drug-likeness (QED) is 0.829. The van der Waals surface area contributed by atoms with E-state index in [9.17, 15) is 0 Å². The fourth-order valence-corrected chi connectivity index (χ4v) is 3.44. The molecule has 20 heavy (non-hydrogen) atoms. The van der Waals surface area contributed by atoms with Crippen molar-refractivity contribution in [1.82, 2.24) is 10.3 Å². The summed E-state index contributed by atoms with van der Waals surface area (Å²) in [6.45, 7) is 8.48. The largest absolute Gasteiger partial charge is 0.312 e. The van der Waals surface area contributed by atoms with Crippen LogP contribution in [-0.2, 0) is 19.4 Å². The average molecular weight is 288 g/mol. The third-order valence-electron chi connectivity index (χ3n) is 3.28. The molecule has 2 rings (SSSR count). The van der Waals surface area contributed by atoms with Gasteiger partial charge in [-0.1, -0.05) is 50.1 Å². The van der Waals surface area contributed by atoms with Crippen molar-refractivity contribution in [3.05, 3.63) is 51.0 Å². The molecule has 108 valence electrons. The van der Waals surface area contributed by atoms with Gasteiger partial charge < -0.3 is 5.32 Å². The molecule has 0 fully saturated rings. The minimum Gasteiger partial charge on any atom is -0.312 e. The van der Waals surface area contributed by atoms with Gasteiger partial charge in [0.05, 0.1) is 10.7 Å². The number of aromatic nitrogens is 1. The zero-order valence-corrected chi connectivity index (χ0v) is 13.5. The number of rotatable bonds is 7. The lowest BCUT2D eigenvalue weighted by Gasteiger charge is -2.00. The Morgan fingerprint density at radius 3 is 2.80 bits per heavy atom. The second kappa shape index (κ2) is 7.55. The fourth-order valence-electron chi connectivity index (χ4n) is 2.32. The third kappa shape index (κ3) is 4.15. The second-order valence-corrected chi connectivity index (χ2v) is 6.34. The highest BCUT2D eigenvalue weighted by Crippen LogP contribution is 2.22. The summed E-state index contributed by atoms with van der Waals surface area (Å²) in [7, 11) is 0. The van der Waals surface area contributed by atoms with Crippen molar-refractivity contribution in [2.75, 3.05) is 6.54 Å². The molecule has 1 aromatic carbocycles. The molecule has 0 saturated carbocycles. The first-order chi connectivity index (χ1) is 9.72. The summed E-state index contributed by atoms with van der Waals surface area (Å²) in [4.78, 5) is 6.27. The Bertz CT molecular complexity index is 546. The van der Waals surface area contributed by atoms with E-state index in [1.54, 1.807) is 0 Å². The van der Waals surface area contributed by atoms with E-state index >= 15 is 0 Å². The first-order valence-corrected chi connectivity index (χ1v) is 8.28. The van der Waals surface area contributed by atoms with Crippen LogP contribution in [0, 0.1) is 6.92 Å². The normalized spacial score (nSPS) is 10.9. The maximum Gasteiger partial charge on any atom is 0.0975 e. The summed E-state index contributed by atoms with van der Waals surface area (Å²) < 4.78 is 0. The van der Waals surface area contributed by atoms with Crippen molar-refractivity contribution in [2.24, 2.45) is 0 Å². The van der Waals surface area contributed by atoms with Gasteiger partial charge in [-0.05, 0) is 25.5 Å². The number of benzene rings is 1. The molecule has 1 heterocycles. The predicted octanol–water partition coefficient (Wildman–Crippen LogP) is 4.10. The van der Waals surface area contributed by atoms with Crippen LogP contribution in [0.3, 0.4) is 0 Å². The van der Waals surface area contributed by atoms with Crippen molar-refractivity contribution in [3.63, 3.8) is 0 Å². The monoisotopic (exact) mass is 288 g/mol. The molecule has 2 aromatic rings. The summed E-state index contributed by atoms with van der Waals surface area (Å²) >= 11 is 1.87. The number of thiazole rings is 1. The second-order valence-electron chi connectivity index (χ2n) is 5.17. The smallest absolute Gasteiger partial charge is 0.0975 e. The lowest BCUT2D eigenvalue weighted by Crippen LogP contribution is -2.11. The van der Waals surface area contributed by atoms with Gasteiger partial charge >= 0.3 is 0 Å². The Hall–Kier alpha value is -1.19. The molecule has 0 aliphatic heterocycles. The van der Waals surface area contributed by atoms with Crippen molar-refractivity contribution < 1.29 is 0 Å². The molecule has 0 aliphatic rings. The third-order valence-corrected chi connectivity index (χ3v) is 4.38. The lowest BCUT2D eigenvalue weighted by atomic mass is 10.1. The lowest BCUT2D eigenvalue weighted by molar-refractivity contribution is 0.723. The zero-order chi connectivity index (χ0) is 14.4. The van der Waals surface area contributed by atoms with Gasteiger partial charge in [0.15, 0.2) is 0 Å². The van der Waals surface area contributed by atoms with E-state index in [1.807, 2.05) is 11.3 Å². The number of hydrogen-bond acceptors (Lipinski definition) is 3. The molecular weight excluding hydrogens is 264 g/mol. The van der Waals surface area contributed by atoms with Crippen LogP contribution in [0.1, 0.15) is 47.0 Å². The SMILES string of the molecule is CCCc1nc(Cc2cccc(C)c2)sc1CNCC. The average Bonchev–Trinajstić information content (AvgIpc) is 2.79. The highest BCUT2D eigenvalue weighted by molar-refractivity contribution is 7.11. The first kappa shape index (κ1) is 15.2. The maximum absolute atomic E-state index is 4.86. The molecule has 0 saturated heterocycles. The van der Waals surface area contributed by atoms with E-state index in [4.69, 9.17) is 4.98 Å². The van der Waals surface area contributed by atoms with Crippen LogP contribution in [0.2, 0.25) is 0 Å². The van der Waals surface area contributed by atoms with Crippen LogP contribution in [0.25, 0.3) is 0 Å². The molecule has 3 heteroatoms. The Kier molecular flexibility index (Phi) is 5.74. The number of aryl methyl sites for hydroxylation is 2. The van der Waals surface area contributed by atoms with Crippen molar-refractivity contribution in [2.45, 2.75) is 46.6 Å². The van der Waals surface area contributed by atoms with E-state index in [-0.39, 0.29) is 0 Å². The topological polar surface area (TPSA) is 24.9 Å². The van der Waals surface area contributed by atoms with Gasteiger partial charge in [0.2, 0.25) is 0 Å². The molecular formula is C17H24N2S. The molecule has 0 spiro atoms. The van der Waals surface area contributed by atoms with Crippen molar-refractivity contribution in [3.8, 4) is 0 Å². The van der Waals surface area contributed by atoms with Gasteiger partial charge in [0, 0.05) is 17.8 Å². The summed E-state index contributed by atoms with van der Waals surface area (Å²) in [6.07, 6.45) is 3.20. The predicted molar refractivity (Wildman–Crippen MR) is 87.5 cm³/mol. The summed E-state index contributed by atoms with van der Waals surface area (Å²) in [5, 5.41) is 4.66. The zero-order valence-electron chi connectivity index (χ0n) is 12.7. The van der Waals surface area contributed by atoms with Crippen molar-refractivity contribution in [1.29, 1.82) is 0 Å². The molecule has 0 aliphatic carbocycles. The van der Waals surface area contributed by atoms with Crippen LogP contribution < -0.4 is 5.32 Å². The highest BCUT2D eigenvalue weighted by Gasteiger charge is 2.10. The van der Waals surface area contributed by atoms with E-state index in [1.165, 1.54) is 26.7 Å². The Morgan fingerprint density at radius 2 is 2.10 bits per heavy atom.